The van der Waals surface area contributed by atoms with Gasteiger partial charge in [-0.1, -0.05) is 25.1 Å². The predicted molar refractivity (Wildman–Crippen MR) is 92.0 cm³/mol. The van der Waals surface area contributed by atoms with Crippen LogP contribution in [0.25, 0.3) is 11.0 Å². The molecular weight excluding hydrogens is 320 g/mol. The van der Waals surface area contributed by atoms with E-state index < -0.39 is 11.2 Å². The van der Waals surface area contributed by atoms with Gasteiger partial charge in [-0.05, 0) is 25.5 Å². The first-order chi connectivity index (χ1) is 11.8. The smallest absolute Gasteiger partial charge is 0.344 e. The van der Waals surface area contributed by atoms with Gasteiger partial charge < -0.3 is 18.6 Å². The fraction of sp³-hybridized carbons (Fsp3) is 0.450. The van der Waals surface area contributed by atoms with Gasteiger partial charge in [0.25, 0.3) is 0 Å². The van der Waals surface area contributed by atoms with Crippen molar-refractivity contribution in [3.63, 3.8) is 0 Å². The molecule has 4 atom stereocenters. The van der Waals surface area contributed by atoms with Crippen LogP contribution in [0.4, 0.5) is 0 Å². The molecule has 2 fully saturated rings. The lowest BCUT2D eigenvalue weighted by molar-refractivity contribution is -0.207. The van der Waals surface area contributed by atoms with E-state index in [-0.39, 0.29) is 17.3 Å². The van der Waals surface area contributed by atoms with Crippen molar-refractivity contribution < 1.29 is 18.6 Å². The van der Waals surface area contributed by atoms with Crippen molar-refractivity contribution in [2.75, 3.05) is 6.61 Å². The lowest BCUT2D eigenvalue weighted by Crippen LogP contribution is -2.52. The Morgan fingerprint density at radius 3 is 2.76 bits per heavy atom. The third kappa shape index (κ3) is 1.77. The highest BCUT2D eigenvalue weighted by molar-refractivity contribution is 5.88. The van der Waals surface area contributed by atoms with Crippen LogP contribution in [0.2, 0.25) is 0 Å². The minimum absolute atomic E-state index is 0.140. The standard InChI is InChI=1S/C20H20O5/c1-5-18(3)9-20(17-19(4,25-17)10-22-20)24-15-13-11(2)7-6-8-12(13)23-16(21)14(15)18/h5-8,17H,1,9-10H2,2-4H3/t17-,18-,19-,20+/m0/s1. The molecule has 0 bridgehead atoms. The van der Waals surface area contributed by atoms with E-state index in [4.69, 9.17) is 18.6 Å². The van der Waals surface area contributed by atoms with E-state index in [1.54, 1.807) is 12.1 Å². The Morgan fingerprint density at radius 2 is 2.12 bits per heavy atom. The SMILES string of the molecule is C=C[C@@]1(C)C[C@@]2(OC[C@]3(C)O[C@H]23)Oc2c1c(=O)oc1cccc(C)c21. The first kappa shape index (κ1) is 15.2. The number of hydrogen-bond donors (Lipinski definition) is 0. The Hall–Kier alpha value is -2.11. The maximum atomic E-state index is 12.8. The quantitative estimate of drug-likeness (QED) is 0.453. The van der Waals surface area contributed by atoms with Crippen LogP contribution in [0.15, 0.2) is 40.1 Å². The van der Waals surface area contributed by atoms with Gasteiger partial charge >= 0.3 is 5.63 Å². The molecule has 130 valence electrons. The van der Waals surface area contributed by atoms with Gasteiger partial charge in [0.1, 0.15) is 16.9 Å². The summed E-state index contributed by atoms with van der Waals surface area (Å²) in [6.45, 7) is 10.4. The van der Waals surface area contributed by atoms with Crippen LogP contribution in [0.3, 0.4) is 0 Å². The highest BCUT2D eigenvalue weighted by atomic mass is 16.8. The number of fused-ring (bicyclic) bond motifs is 5. The fourth-order valence-electron chi connectivity index (χ4n) is 4.43. The molecular formula is C20H20O5. The van der Waals surface area contributed by atoms with Crippen molar-refractivity contribution in [2.45, 2.75) is 50.1 Å². The largest absolute Gasteiger partial charge is 0.458 e. The number of ether oxygens (including phenoxy) is 3. The molecule has 1 aromatic carbocycles. The highest BCUT2D eigenvalue weighted by Gasteiger charge is 2.74. The van der Waals surface area contributed by atoms with Gasteiger partial charge in [0.05, 0.1) is 17.6 Å². The van der Waals surface area contributed by atoms with Gasteiger partial charge in [-0.2, -0.15) is 0 Å². The Balaban J connectivity index is 1.84. The maximum absolute atomic E-state index is 12.8. The molecule has 0 radical (unpaired) electrons. The monoisotopic (exact) mass is 340 g/mol. The predicted octanol–water partition coefficient (Wildman–Crippen LogP) is 3.21. The van der Waals surface area contributed by atoms with Gasteiger partial charge in [-0.3, -0.25) is 0 Å². The molecule has 5 rings (SSSR count). The summed E-state index contributed by atoms with van der Waals surface area (Å²) >= 11 is 0. The molecule has 25 heavy (non-hydrogen) atoms. The summed E-state index contributed by atoms with van der Waals surface area (Å²) in [7, 11) is 0. The zero-order chi connectivity index (χ0) is 17.6. The van der Waals surface area contributed by atoms with Crippen LogP contribution in [-0.4, -0.2) is 24.1 Å². The molecule has 3 aliphatic heterocycles. The van der Waals surface area contributed by atoms with Crippen LogP contribution in [0.1, 0.15) is 31.4 Å². The van der Waals surface area contributed by atoms with Crippen LogP contribution in [-0.2, 0) is 14.9 Å². The Kier molecular flexibility index (Phi) is 2.64. The number of aryl methyl sites for hydroxylation is 1. The van der Waals surface area contributed by atoms with Gasteiger partial charge in [-0.15, -0.1) is 6.58 Å². The fourth-order valence-corrected chi connectivity index (χ4v) is 4.43. The lowest BCUT2D eigenvalue weighted by atomic mass is 9.73. The van der Waals surface area contributed by atoms with Crippen LogP contribution in [0.5, 0.6) is 5.75 Å². The molecule has 0 amide bonds. The number of benzene rings is 1. The molecule has 2 saturated heterocycles. The summed E-state index contributed by atoms with van der Waals surface area (Å²) in [5.74, 6) is -0.356. The summed E-state index contributed by atoms with van der Waals surface area (Å²) in [5.41, 5.74) is 0.699. The molecule has 4 heterocycles. The summed E-state index contributed by atoms with van der Waals surface area (Å²) < 4.78 is 24.0. The molecule has 2 aromatic rings. The molecule has 0 saturated carbocycles. The number of epoxide rings is 1. The number of allylic oxidation sites excluding steroid dienone is 1. The van der Waals surface area contributed by atoms with Crippen molar-refractivity contribution in [3.8, 4) is 5.75 Å². The second kappa shape index (κ2) is 4.34. The van der Waals surface area contributed by atoms with E-state index in [2.05, 4.69) is 6.58 Å². The van der Waals surface area contributed by atoms with E-state index in [9.17, 15) is 4.79 Å². The molecule has 1 spiro atoms. The third-order valence-electron chi connectivity index (χ3n) is 5.89. The van der Waals surface area contributed by atoms with E-state index in [1.165, 1.54) is 0 Å². The first-order valence-corrected chi connectivity index (χ1v) is 8.53. The average Bonchev–Trinajstić information content (AvgIpc) is 3.19. The highest BCUT2D eigenvalue weighted by Crippen LogP contribution is 2.59. The summed E-state index contributed by atoms with van der Waals surface area (Å²) in [4.78, 5) is 12.8. The van der Waals surface area contributed by atoms with E-state index in [0.717, 1.165) is 10.9 Å². The minimum atomic E-state index is -0.895. The summed E-state index contributed by atoms with van der Waals surface area (Å²) in [6.07, 6.45) is 2.12. The summed E-state index contributed by atoms with van der Waals surface area (Å²) in [5, 5.41) is 0.808. The molecule has 1 aromatic heterocycles. The Labute approximate surface area is 145 Å². The van der Waals surface area contributed by atoms with Crippen LogP contribution in [0, 0.1) is 6.92 Å². The number of hydrogen-bond acceptors (Lipinski definition) is 5. The van der Waals surface area contributed by atoms with E-state index >= 15 is 0 Å². The second-order valence-corrected chi connectivity index (χ2v) is 7.85. The van der Waals surface area contributed by atoms with Gasteiger partial charge in [0, 0.05) is 11.8 Å². The van der Waals surface area contributed by atoms with E-state index in [1.807, 2.05) is 32.9 Å². The number of rotatable bonds is 1. The summed E-state index contributed by atoms with van der Waals surface area (Å²) in [6, 6.07) is 5.63. The van der Waals surface area contributed by atoms with Crippen molar-refractivity contribution in [1.29, 1.82) is 0 Å². The van der Waals surface area contributed by atoms with Crippen molar-refractivity contribution in [1.82, 2.24) is 0 Å². The molecule has 0 N–H and O–H groups in total. The van der Waals surface area contributed by atoms with Gasteiger partial charge in [-0.25, -0.2) is 4.79 Å². The second-order valence-electron chi connectivity index (χ2n) is 7.85. The molecule has 5 heteroatoms. The average molecular weight is 340 g/mol. The lowest BCUT2D eigenvalue weighted by Gasteiger charge is -2.43. The maximum Gasteiger partial charge on any atom is 0.344 e. The Morgan fingerprint density at radius 1 is 1.32 bits per heavy atom. The third-order valence-corrected chi connectivity index (χ3v) is 5.89. The zero-order valence-corrected chi connectivity index (χ0v) is 14.5. The first-order valence-electron chi connectivity index (χ1n) is 8.53. The van der Waals surface area contributed by atoms with Crippen molar-refractivity contribution in [2.24, 2.45) is 0 Å². The topological polar surface area (TPSA) is 61.2 Å². The van der Waals surface area contributed by atoms with Crippen molar-refractivity contribution in [3.05, 3.63) is 52.4 Å². The van der Waals surface area contributed by atoms with Crippen LogP contribution < -0.4 is 10.4 Å². The molecule has 0 aliphatic carbocycles. The molecule has 5 nitrogen and oxygen atoms in total. The normalized spacial score (nSPS) is 38.3. The molecule has 0 unspecified atom stereocenters. The zero-order valence-electron chi connectivity index (χ0n) is 14.5. The Bertz CT molecular complexity index is 991. The van der Waals surface area contributed by atoms with Crippen molar-refractivity contribution >= 4 is 11.0 Å². The van der Waals surface area contributed by atoms with Crippen LogP contribution >= 0.6 is 0 Å². The molecule has 3 aliphatic rings. The van der Waals surface area contributed by atoms with Gasteiger partial charge in [0.2, 0.25) is 5.79 Å². The van der Waals surface area contributed by atoms with Gasteiger partial charge in [0.15, 0.2) is 6.10 Å². The minimum Gasteiger partial charge on any atom is -0.458 e. The van der Waals surface area contributed by atoms with E-state index in [0.29, 0.717) is 29.9 Å².